The molecular weight excluding hydrogens is 120 g/mol. The highest BCUT2D eigenvalue weighted by molar-refractivity contribution is 4.47. The average Bonchev–Trinajstić information content (AvgIpc) is 1.62. The third-order valence-electron chi connectivity index (χ3n) is 0.999. The molecule has 0 heterocycles. The zero-order valence-electron chi connectivity index (χ0n) is 6.09. The van der Waals surface area contributed by atoms with E-state index in [9.17, 15) is 0 Å². The van der Waals surface area contributed by atoms with E-state index in [0.29, 0.717) is 0 Å². The number of aliphatic hydroxyl groups is 2. The predicted molar refractivity (Wildman–Crippen MR) is 33.7 cm³/mol. The molecule has 0 amide bonds. The Bertz CT molecular complexity index is 74.9. The maximum absolute atomic E-state index is 8.65. The molecule has 0 aromatic heterocycles. The smallest absolute Gasteiger partial charge is 0.275 e. The third kappa shape index (κ3) is 5.76. The van der Waals surface area contributed by atoms with Gasteiger partial charge in [0.25, 0.3) is 5.97 Å². The van der Waals surface area contributed by atoms with Crippen LogP contribution in [0.4, 0.5) is 0 Å². The monoisotopic (exact) mass is 134 g/mol. The van der Waals surface area contributed by atoms with Crippen molar-refractivity contribution >= 4 is 0 Å². The summed E-state index contributed by atoms with van der Waals surface area (Å²) < 4.78 is 4.70. The Hall–Kier alpha value is -0.120. The van der Waals surface area contributed by atoms with E-state index >= 15 is 0 Å². The van der Waals surface area contributed by atoms with Gasteiger partial charge in [-0.1, -0.05) is 6.92 Å². The summed E-state index contributed by atoms with van der Waals surface area (Å²) in [6.07, 6.45) is 0.668. The van der Waals surface area contributed by atoms with E-state index < -0.39 is 5.97 Å². The largest absolute Gasteiger partial charge is 0.344 e. The molecule has 1 unspecified atom stereocenters. The van der Waals surface area contributed by atoms with Crippen LogP contribution in [-0.2, 0) is 4.74 Å². The van der Waals surface area contributed by atoms with Crippen molar-refractivity contribution in [2.75, 3.05) is 0 Å². The van der Waals surface area contributed by atoms with Crippen molar-refractivity contribution in [1.29, 1.82) is 0 Å². The van der Waals surface area contributed by atoms with Crippen LogP contribution in [0.2, 0.25) is 0 Å². The molecule has 0 aliphatic carbocycles. The Kier molecular flexibility index (Phi) is 3.11. The molecule has 0 aliphatic rings. The van der Waals surface area contributed by atoms with Crippen molar-refractivity contribution in [3.05, 3.63) is 0 Å². The van der Waals surface area contributed by atoms with Gasteiger partial charge in [-0.2, -0.15) is 0 Å². The molecule has 0 saturated carbocycles. The molecule has 0 radical (unpaired) electrons. The first-order valence-electron chi connectivity index (χ1n) is 3.08. The zero-order chi connectivity index (χ0) is 7.49. The summed E-state index contributed by atoms with van der Waals surface area (Å²) in [5.41, 5.74) is 0. The molecule has 0 aliphatic heterocycles. The first-order valence-corrected chi connectivity index (χ1v) is 3.08. The highest BCUT2D eigenvalue weighted by atomic mass is 16.8. The summed E-state index contributed by atoms with van der Waals surface area (Å²) in [6.45, 7) is 4.89. The lowest BCUT2D eigenvalue weighted by molar-refractivity contribution is -0.340. The molecule has 0 bridgehead atoms. The van der Waals surface area contributed by atoms with Crippen LogP contribution in [0, 0.1) is 0 Å². The molecule has 3 nitrogen and oxygen atoms in total. The van der Waals surface area contributed by atoms with E-state index in [1.165, 1.54) is 6.92 Å². The van der Waals surface area contributed by atoms with Crippen LogP contribution in [0.1, 0.15) is 27.2 Å². The number of hydrogen-bond acceptors (Lipinski definition) is 3. The number of hydrogen-bond donors (Lipinski definition) is 2. The van der Waals surface area contributed by atoms with Gasteiger partial charge in [-0.25, -0.2) is 0 Å². The fraction of sp³-hybridized carbons (Fsp3) is 1.00. The fourth-order valence-electron chi connectivity index (χ4n) is 0.464. The lowest BCUT2D eigenvalue weighted by Gasteiger charge is -2.20. The Morgan fingerprint density at radius 1 is 1.56 bits per heavy atom. The average molecular weight is 134 g/mol. The quantitative estimate of drug-likeness (QED) is 0.551. The molecule has 2 N–H and O–H groups in total. The molecule has 0 fully saturated rings. The van der Waals surface area contributed by atoms with Gasteiger partial charge >= 0.3 is 0 Å². The second kappa shape index (κ2) is 3.15. The molecule has 0 rings (SSSR count). The van der Waals surface area contributed by atoms with Gasteiger partial charge in [-0.05, 0) is 13.3 Å². The molecule has 0 spiro atoms. The van der Waals surface area contributed by atoms with Crippen LogP contribution in [0.5, 0.6) is 0 Å². The fourth-order valence-corrected chi connectivity index (χ4v) is 0.464. The minimum Gasteiger partial charge on any atom is -0.344 e. The van der Waals surface area contributed by atoms with Gasteiger partial charge in [-0.3, -0.25) is 0 Å². The van der Waals surface area contributed by atoms with E-state index in [0.717, 1.165) is 6.42 Å². The Morgan fingerprint density at radius 3 is 2.11 bits per heavy atom. The second-order valence-corrected chi connectivity index (χ2v) is 2.27. The normalized spacial score (nSPS) is 15.7. The van der Waals surface area contributed by atoms with E-state index in [1.54, 1.807) is 6.92 Å². The molecule has 0 aromatic rings. The summed E-state index contributed by atoms with van der Waals surface area (Å²) in [6, 6.07) is 0. The highest BCUT2D eigenvalue weighted by Crippen LogP contribution is 2.06. The highest BCUT2D eigenvalue weighted by Gasteiger charge is 2.17. The summed E-state index contributed by atoms with van der Waals surface area (Å²) in [4.78, 5) is 0. The van der Waals surface area contributed by atoms with Gasteiger partial charge < -0.3 is 14.9 Å². The summed E-state index contributed by atoms with van der Waals surface area (Å²) >= 11 is 0. The van der Waals surface area contributed by atoms with Crippen LogP contribution in [0.3, 0.4) is 0 Å². The Morgan fingerprint density at radius 2 is 2.00 bits per heavy atom. The standard InChI is InChI=1S/C6H14O3/c1-4-5(2)9-6(3,7)8/h5,7-8H,4H2,1-3H3. The van der Waals surface area contributed by atoms with Crippen LogP contribution in [0.15, 0.2) is 0 Å². The lowest BCUT2D eigenvalue weighted by atomic mass is 10.3. The minimum atomic E-state index is -1.98. The van der Waals surface area contributed by atoms with E-state index in [4.69, 9.17) is 14.9 Å². The summed E-state index contributed by atoms with van der Waals surface area (Å²) in [5, 5.41) is 17.3. The van der Waals surface area contributed by atoms with Gasteiger partial charge in [0.15, 0.2) is 0 Å². The Labute approximate surface area is 55.3 Å². The van der Waals surface area contributed by atoms with Gasteiger partial charge in [0.1, 0.15) is 0 Å². The first kappa shape index (κ1) is 8.88. The molecule has 0 saturated heterocycles. The van der Waals surface area contributed by atoms with E-state index in [2.05, 4.69) is 0 Å². The third-order valence-corrected chi connectivity index (χ3v) is 0.999. The Balaban J connectivity index is 3.47. The maximum Gasteiger partial charge on any atom is 0.275 e. The van der Waals surface area contributed by atoms with Gasteiger partial charge in [0.2, 0.25) is 0 Å². The van der Waals surface area contributed by atoms with Gasteiger partial charge in [0, 0.05) is 6.92 Å². The first-order chi connectivity index (χ1) is 3.95. The van der Waals surface area contributed by atoms with Crippen molar-refractivity contribution in [2.45, 2.75) is 39.3 Å². The van der Waals surface area contributed by atoms with Crippen molar-refractivity contribution in [3.63, 3.8) is 0 Å². The van der Waals surface area contributed by atoms with Crippen LogP contribution < -0.4 is 0 Å². The molecular formula is C6H14O3. The van der Waals surface area contributed by atoms with Crippen LogP contribution in [0.25, 0.3) is 0 Å². The number of ether oxygens (including phenoxy) is 1. The predicted octanol–water partition coefficient (Wildman–Crippen LogP) is 0.460. The van der Waals surface area contributed by atoms with Crippen molar-refractivity contribution < 1.29 is 14.9 Å². The number of rotatable bonds is 3. The molecule has 3 heteroatoms. The lowest BCUT2D eigenvalue weighted by Crippen LogP contribution is -2.31. The molecule has 0 aromatic carbocycles. The van der Waals surface area contributed by atoms with E-state index in [-0.39, 0.29) is 6.10 Å². The molecule has 9 heavy (non-hydrogen) atoms. The van der Waals surface area contributed by atoms with Crippen LogP contribution in [-0.4, -0.2) is 22.3 Å². The minimum absolute atomic E-state index is 0.106. The van der Waals surface area contributed by atoms with E-state index in [1.807, 2.05) is 6.92 Å². The van der Waals surface area contributed by atoms with Crippen molar-refractivity contribution in [1.82, 2.24) is 0 Å². The van der Waals surface area contributed by atoms with Crippen molar-refractivity contribution in [2.24, 2.45) is 0 Å². The topological polar surface area (TPSA) is 49.7 Å². The second-order valence-electron chi connectivity index (χ2n) is 2.27. The maximum atomic E-state index is 8.65. The molecule has 56 valence electrons. The zero-order valence-corrected chi connectivity index (χ0v) is 6.09. The summed E-state index contributed by atoms with van der Waals surface area (Å²) in [7, 11) is 0. The van der Waals surface area contributed by atoms with Gasteiger partial charge in [0.05, 0.1) is 6.10 Å². The van der Waals surface area contributed by atoms with Crippen molar-refractivity contribution in [3.8, 4) is 0 Å². The van der Waals surface area contributed by atoms with Gasteiger partial charge in [-0.15, -0.1) is 0 Å². The summed E-state index contributed by atoms with van der Waals surface area (Å²) in [5.74, 6) is -1.98. The molecule has 1 atom stereocenters. The van der Waals surface area contributed by atoms with Crippen LogP contribution >= 0.6 is 0 Å². The SMILES string of the molecule is CCC(C)OC(C)(O)O.